The van der Waals surface area contributed by atoms with Crippen LogP contribution in [0.5, 0.6) is 11.5 Å². The summed E-state index contributed by atoms with van der Waals surface area (Å²) < 4.78 is 56.3. The Morgan fingerprint density at radius 1 is 1.29 bits per heavy atom. The van der Waals surface area contributed by atoms with E-state index in [4.69, 9.17) is 25.6 Å². The standard InChI is InChI=1S/C16H13ClN2O6S3/c1-9-14(17)15(25-18-9)19-28(21,22)13-4-5-26-16(13)27(20)7-10-2-3-11-12(6-10)24-8-23-11/h2-6,19H,7-8H2,1H3. The molecule has 0 aliphatic carbocycles. The molecule has 4 rings (SSSR count). The molecule has 1 unspecified atom stereocenters. The fraction of sp³-hybridized carbons (Fsp3) is 0.188. The van der Waals surface area contributed by atoms with E-state index in [0.29, 0.717) is 17.2 Å². The molecule has 0 saturated heterocycles. The number of benzene rings is 1. The lowest BCUT2D eigenvalue weighted by Crippen LogP contribution is -2.14. The Hall–Kier alpha value is -2.08. The third kappa shape index (κ3) is 3.62. The van der Waals surface area contributed by atoms with Crippen LogP contribution >= 0.6 is 22.9 Å². The molecule has 3 heterocycles. The highest BCUT2D eigenvalue weighted by Crippen LogP contribution is 2.35. The van der Waals surface area contributed by atoms with E-state index in [1.54, 1.807) is 30.5 Å². The van der Waals surface area contributed by atoms with Crippen molar-refractivity contribution in [2.45, 2.75) is 21.8 Å². The Morgan fingerprint density at radius 2 is 2.07 bits per heavy atom. The molecule has 1 atom stereocenters. The average Bonchev–Trinajstić information content (AvgIpc) is 3.38. The number of sulfonamides is 1. The second-order valence-electron chi connectivity index (χ2n) is 5.77. The van der Waals surface area contributed by atoms with E-state index in [9.17, 15) is 12.6 Å². The lowest BCUT2D eigenvalue weighted by molar-refractivity contribution is 0.174. The Bertz CT molecular complexity index is 1170. The van der Waals surface area contributed by atoms with Gasteiger partial charge < -0.3 is 14.0 Å². The van der Waals surface area contributed by atoms with Crippen molar-refractivity contribution in [2.24, 2.45) is 0 Å². The predicted molar refractivity (Wildman–Crippen MR) is 104 cm³/mol. The van der Waals surface area contributed by atoms with Gasteiger partial charge in [0, 0.05) is 0 Å². The zero-order valence-corrected chi connectivity index (χ0v) is 17.5. The zero-order chi connectivity index (χ0) is 19.9. The SMILES string of the molecule is Cc1noc(NS(=O)(=O)c2ccsc2S(=O)Cc2ccc3c(c2)OCO3)c1Cl. The first-order valence-electron chi connectivity index (χ1n) is 7.84. The molecule has 2 aromatic heterocycles. The van der Waals surface area contributed by atoms with Crippen molar-refractivity contribution < 1.29 is 26.6 Å². The second-order valence-corrected chi connectivity index (χ2v) is 10.4. The maximum atomic E-state index is 12.9. The molecule has 0 fully saturated rings. The lowest BCUT2D eigenvalue weighted by Gasteiger charge is -2.07. The lowest BCUT2D eigenvalue weighted by atomic mass is 10.2. The van der Waals surface area contributed by atoms with Crippen LogP contribution in [-0.4, -0.2) is 24.6 Å². The Balaban J connectivity index is 1.58. The van der Waals surface area contributed by atoms with E-state index >= 15 is 0 Å². The van der Waals surface area contributed by atoms with Gasteiger partial charge >= 0.3 is 0 Å². The summed E-state index contributed by atoms with van der Waals surface area (Å²) in [6.07, 6.45) is 0. The van der Waals surface area contributed by atoms with Crippen LogP contribution in [0, 0.1) is 6.92 Å². The molecular weight excluding hydrogens is 448 g/mol. The van der Waals surface area contributed by atoms with Gasteiger partial charge in [0.05, 0.1) is 16.6 Å². The number of nitrogens with zero attached hydrogens (tertiary/aromatic N) is 1. The number of hydrogen-bond acceptors (Lipinski definition) is 8. The quantitative estimate of drug-likeness (QED) is 0.599. The summed E-state index contributed by atoms with van der Waals surface area (Å²) in [7, 11) is -5.64. The normalized spacial score (nSPS) is 14.2. The maximum Gasteiger partial charge on any atom is 0.266 e. The summed E-state index contributed by atoms with van der Waals surface area (Å²) in [6.45, 7) is 1.73. The summed E-state index contributed by atoms with van der Waals surface area (Å²) in [4.78, 5) is -0.0957. The monoisotopic (exact) mass is 460 g/mol. The molecule has 0 amide bonds. The summed E-state index contributed by atoms with van der Waals surface area (Å²) >= 11 is 7.06. The smallest absolute Gasteiger partial charge is 0.266 e. The van der Waals surface area contributed by atoms with Gasteiger partial charge in [0.15, 0.2) is 11.5 Å². The molecule has 1 aliphatic heterocycles. The van der Waals surface area contributed by atoms with E-state index in [-0.39, 0.29) is 32.6 Å². The molecule has 0 saturated carbocycles. The number of rotatable bonds is 6. The fourth-order valence-corrected chi connectivity index (χ4v) is 6.99. The van der Waals surface area contributed by atoms with Gasteiger partial charge in [-0.25, -0.2) is 13.1 Å². The van der Waals surface area contributed by atoms with Gasteiger partial charge in [0.25, 0.3) is 15.9 Å². The molecular formula is C16H13ClN2O6S3. The molecule has 0 bridgehead atoms. The minimum absolute atomic E-state index is 0.0711. The van der Waals surface area contributed by atoms with Crippen molar-refractivity contribution in [1.29, 1.82) is 0 Å². The number of fused-ring (bicyclic) bond motifs is 1. The van der Waals surface area contributed by atoms with E-state index in [1.807, 2.05) is 0 Å². The third-order valence-corrected chi connectivity index (χ3v) is 8.70. The second kappa shape index (κ2) is 7.39. The number of aryl methyl sites for hydroxylation is 1. The van der Waals surface area contributed by atoms with Crippen LogP contribution in [0.15, 0.2) is 43.3 Å². The minimum atomic E-state index is -4.05. The number of ether oxygens (including phenoxy) is 2. The van der Waals surface area contributed by atoms with E-state index in [2.05, 4.69) is 9.88 Å². The van der Waals surface area contributed by atoms with Crippen molar-refractivity contribution in [3.63, 3.8) is 0 Å². The number of hydrogen-bond donors (Lipinski definition) is 1. The van der Waals surface area contributed by atoms with Crippen LogP contribution in [0.4, 0.5) is 5.88 Å². The average molecular weight is 461 g/mol. The molecule has 8 nitrogen and oxygen atoms in total. The summed E-state index contributed by atoms with van der Waals surface area (Å²) in [5.41, 5.74) is 1.09. The van der Waals surface area contributed by atoms with Crippen molar-refractivity contribution in [1.82, 2.24) is 5.16 Å². The first-order valence-corrected chi connectivity index (χ1v) is 11.9. The highest BCUT2D eigenvalue weighted by molar-refractivity contribution is 7.94. The first-order chi connectivity index (χ1) is 13.3. The molecule has 3 aromatic rings. The largest absolute Gasteiger partial charge is 0.454 e. The van der Waals surface area contributed by atoms with E-state index in [0.717, 1.165) is 16.9 Å². The Kier molecular flexibility index (Phi) is 5.08. The van der Waals surface area contributed by atoms with Gasteiger partial charge in [0.2, 0.25) is 6.79 Å². The van der Waals surface area contributed by atoms with Gasteiger partial charge in [-0.15, -0.1) is 11.3 Å². The highest BCUT2D eigenvalue weighted by atomic mass is 35.5. The Labute approximate surface area is 171 Å². The van der Waals surface area contributed by atoms with Crippen LogP contribution < -0.4 is 14.2 Å². The van der Waals surface area contributed by atoms with Gasteiger partial charge in [-0.3, -0.25) is 4.21 Å². The van der Waals surface area contributed by atoms with Crippen LogP contribution in [0.3, 0.4) is 0 Å². The molecule has 0 radical (unpaired) electrons. The van der Waals surface area contributed by atoms with Crippen molar-refractivity contribution in [2.75, 3.05) is 11.5 Å². The predicted octanol–water partition coefficient (Wildman–Crippen LogP) is 3.54. The van der Waals surface area contributed by atoms with Crippen LogP contribution in [0.25, 0.3) is 0 Å². The van der Waals surface area contributed by atoms with E-state index in [1.165, 1.54) is 6.07 Å². The number of thiophene rings is 1. The summed E-state index contributed by atoms with van der Waals surface area (Å²) in [5, 5.41) is 5.25. The van der Waals surface area contributed by atoms with Crippen molar-refractivity contribution in [3.8, 4) is 11.5 Å². The zero-order valence-electron chi connectivity index (χ0n) is 14.3. The van der Waals surface area contributed by atoms with Crippen LogP contribution in [0.2, 0.25) is 5.02 Å². The van der Waals surface area contributed by atoms with E-state index < -0.39 is 20.8 Å². The first kappa shape index (κ1) is 19.2. The summed E-state index contributed by atoms with van der Waals surface area (Å²) in [6, 6.07) is 6.62. The van der Waals surface area contributed by atoms with Crippen LogP contribution in [0.1, 0.15) is 11.3 Å². The fourth-order valence-electron chi connectivity index (χ4n) is 2.50. The molecule has 0 spiro atoms. The number of nitrogens with one attached hydrogen (secondary N) is 1. The molecule has 1 aliphatic rings. The molecule has 1 N–H and O–H groups in total. The van der Waals surface area contributed by atoms with Crippen LogP contribution in [-0.2, 0) is 26.6 Å². The van der Waals surface area contributed by atoms with Gasteiger partial charge in [-0.1, -0.05) is 22.8 Å². The third-order valence-electron chi connectivity index (χ3n) is 3.84. The maximum absolute atomic E-state index is 12.9. The highest BCUT2D eigenvalue weighted by Gasteiger charge is 2.26. The molecule has 148 valence electrons. The number of halogens is 1. The van der Waals surface area contributed by atoms with Gasteiger partial charge in [0.1, 0.15) is 19.8 Å². The molecule has 12 heteroatoms. The van der Waals surface area contributed by atoms with Gasteiger partial charge in [-0.2, -0.15) is 0 Å². The summed E-state index contributed by atoms with van der Waals surface area (Å²) in [5.74, 6) is 1.14. The molecule has 28 heavy (non-hydrogen) atoms. The number of aromatic nitrogens is 1. The van der Waals surface area contributed by atoms with Gasteiger partial charge in [-0.05, 0) is 36.1 Å². The Morgan fingerprint density at radius 3 is 2.82 bits per heavy atom. The van der Waals surface area contributed by atoms with Crippen molar-refractivity contribution in [3.05, 3.63) is 45.9 Å². The number of anilines is 1. The molecule has 1 aromatic carbocycles. The topological polar surface area (TPSA) is 108 Å². The minimum Gasteiger partial charge on any atom is -0.454 e. The van der Waals surface area contributed by atoms with Crippen molar-refractivity contribution >= 4 is 49.6 Å².